The van der Waals surface area contributed by atoms with Crippen molar-refractivity contribution in [2.45, 2.75) is 18.1 Å². The molecule has 132 valence electrons. The average molecular weight is 350 g/mol. The first-order valence-electron chi connectivity index (χ1n) is 8.16. The van der Waals surface area contributed by atoms with Crippen molar-refractivity contribution in [3.8, 4) is 0 Å². The highest BCUT2D eigenvalue weighted by molar-refractivity contribution is 5.86. The summed E-state index contributed by atoms with van der Waals surface area (Å²) < 4.78 is 10.1. The minimum atomic E-state index is -1.86. The van der Waals surface area contributed by atoms with E-state index in [0.717, 1.165) is 11.1 Å². The van der Waals surface area contributed by atoms with E-state index >= 15 is 0 Å². The van der Waals surface area contributed by atoms with Crippen LogP contribution in [0.3, 0.4) is 0 Å². The molecule has 1 aliphatic carbocycles. The topological polar surface area (TPSA) is 72.8 Å². The van der Waals surface area contributed by atoms with Gasteiger partial charge in [-0.2, -0.15) is 0 Å². The van der Waals surface area contributed by atoms with Crippen molar-refractivity contribution in [3.63, 3.8) is 0 Å². The summed E-state index contributed by atoms with van der Waals surface area (Å²) in [5.74, 6) is -1.36. The lowest BCUT2D eigenvalue weighted by molar-refractivity contribution is -0.151. The molecule has 0 fully saturated rings. The normalized spacial score (nSPS) is 21.2. The van der Waals surface area contributed by atoms with E-state index < -0.39 is 17.7 Å². The summed E-state index contributed by atoms with van der Waals surface area (Å²) in [5, 5.41) is 9.54. The van der Waals surface area contributed by atoms with E-state index in [1.807, 2.05) is 48.5 Å². The van der Waals surface area contributed by atoms with E-state index in [1.54, 1.807) is 24.3 Å². The lowest BCUT2D eigenvalue weighted by Gasteiger charge is -2.26. The fraction of sp³-hybridized carbons (Fsp3) is 0.143. The van der Waals surface area contributed by atoms with Crippen LogP contribution in [0.1, 0.15) is 17.0 Å². The van der Waals surface area contributed by atoms with Crippen LogP contribution in [0.25, 0.3) is 0 Å². The predicted molar refractivity (Wildman–Crippen MR) is 95.5 cm³/mol. The van der Waals surface area contributed by atoms with Crippen LogP contribution in [0.4, 0.5) is 4.79 Å². The van der Waals surface area contributed by atoms with Gasteiger partial charge in [0, 0.05) is 5.92 Å². The van der Waals surface area contributed by atoms with Crippen LogP contribution in [0.2, 0.25) is 0 Å². The molecule has 26 heavy (non-hydrogen) atoms. The van der Waals surface area contributed by atoms with Gasteiger partial charge < -0.3 is 14.6 Å². The van der Waals surface area contributed by atoms with Crippen LogP contribution in [-0.4, -0.2) is 22.8 Å². The van der Waals surface area contributed by atoms with Crippen molar-refractivity contribution in [1.29, 1.82) is 0 Å². The van der Waals surface area contributed by atoms with E-state index in [4.69, 9.17) is 9.47 Å². The van der Waals surface area contributed by atoms with Gasteiger partial charge in [0.15, 0.2) is 0 Å². The number of carboxylic acid groups (broad SMARTS) is 1. The smallest absolute Gasteiger partial charge is 0.478 e. The Bertz CT molecular complexity index is 810. The maximum absolute atomic E-state index is 12.0. The highest BCUT2D eigenvalue weighted by Crippen LogP contribution is 2.29. The third-order valence-corrected chi connectivity index (χ3v) is 4.07. The summed E-state index contributed by atoms with van der Waals surface area (Å²) in [5.41, 5.74) is -0.0580. The second-order valence-corrected chi connectivity index (χ2v) is 5.88. The predicted octanol–water partition coefficient (Wildman–Crippen LogP) is 4.07. The molecule has 0 amide bonds. The van der Waals surface area contributed by atoms with Gasteiger partial charge in [-0.05, 0) is 23.3 Å². The zero-order chi connectivity index (χ0) is 18.4. The van der Waals surface area contributed by atoms with Gasteiger partial charge in [0.25, 0.3) is 0 Å². The summed E-state index contributed by atoms with van der Waals surface area (Å²) in [6.45, 7) is 0.00937. The molecular formula is C21H18O5. The number of carbonyl (C=O) groups excluding carboxylic acids is 1. The highest BCUT2D eigenvalue weighted by Gasteiger charge is 2.40. The lowest BCUT2D eigenvalue weighted by Crippen LogP contribution is -2.41. The monoisotopic (exact) mass is 350 g/mol. The van der Waals surface area contributed by atoms with Gasteiger partial charge in [-0.1, -0.05) is 72.8 Å². The van der Waals surface area contributed by atoms with Crippen LogP contribution in [-0.2, 0) is 20.9 Å². The number of carbonyl (C=O) groups is 2. The molecule has 0 atom stereocenters. The number of rotatable bonds is 5. The lowest BCUT2D eigenvalue weighted by atomic mass is 9.88. The fourth-order valence-corrected chi connectivity index (χ4v) is 2.65. The number of ether oxygens (including phenoxy) is 2. The Kier molecular flexibility index (Phi) is 5.17. The molecule has 0 aromatic heterocycles. The first-order valence-corrected chi connectivity index (χ1v) is 8.16. The van der Waals surface area contributed by atoms with E-state index in [2.05, 4.69) is 0 Å². The number of hydrogen-bond donors (Lipinski definition) is 1. The molecule has 0 radical (unpaired) electrons. The molecule has 5 nitrogen and oxygen atoms in total. The van der Waals surface area contributed by atoms with Crippen LogP contribution >= 0.6 is 0 Å². The van der Waals surface area contributed by atoms with Gasteiger partial charge in [-0.25, -0.2) is 9.59 Å². The molecule has 0 unspecified atom stereocenters. The molecule has 0 bridgehead atoms. The maximum Gasteiger partial charge on any atom is 0.510 e. The van der Waals surface area contributed by atoms with Crippen molar-refractivity contribution in [2.75, 3.05) is 0 Å². The van der Waals surface area contributed by atoms with E-state index in [0.29, 0.717) is 0 Å². The Hall–Kier alpha value is -3.34. The Labute approximate surface area is 151 Å². The van der Waals surface area contributed by atoms with Crippen molar-refractivity contribution in [2.24, 2.45) is 0 Å². The Morgan fingerprint density at radius 1 is 0.923 bits per heavy atom. The molecule has 2 aromatic rings. The van der Waals surface area contributed by atoms with Gasteiger partial charge >= 0.3 is 12.1 Å². The average Bonchev–Trinajstić information content (AvgIpc) is 2.68. The van der Waals surface area contributed by atoms with Gasteiger partial charge in [0.2, 0.25) is 5.60 Å². The number of allylic oxidation sites excluding steroid dienone is 2. The summed E-state index contributed by atoms with van der Waals surface area (Å²) in [7, 11) is 0. The van der Waals surface area contributed by atoms with Crippen LogP contribution < -0.4 is 0 Å². The van der Waals surface area contributed by atoms with Crippen molar-refractivity contribution < 1.29 is 24.2 Å². The molecule has 1 aliphatic rings. The van der Waals surface area contributed by atoms with Crippen LogP contribution in [0, 0.1) is 0 Å². The quantitative estimate of drug-likeness (QED) is 0.650. The van der Waals surface area contributed by atoms with Crippen LogP contribution in [0.5, 0.6) is 0 Å². The summed E-state index contributed by atoms with van der Waals surface area (Å²) >= 11 is 0. The number of hydrogen-bond acceptors (Lipinski definition) is 4. The second-order valence-electron chi connectivity index (χ2n) is 5.88. The third-order valence-electron chi connectivity index (χ3n) is 4.07. The largest absolute Gasteiger partial charge is 0.510 e. The number of aliphatic carboxylic acids is 1. The maximum atomic E-state index is 12.0. The number of benzene rings is 2. The van der Waals surface area contributed by atoms with Crippen LogP contribution in [0.15, 0.2) is 85.0 Å². The third kappa shape index (κ3) is 4.00. The summed E-state index contributed by atoms with van der Waals surface area (Å²) in [6.07, 6.45) is 5.11. The molecule has 0 heterocycles. The van der Waals surface area contributed by atoms with Crippen molar-refractivity contribution in [1.82, 2.24) is 0 Å². The highest BCUT2D eigenvalue weighted by atomic mass is 16.7. The first-order chi connectivity index (χ1) is 12.6. The Morgan fingerprint density at radius 3 is 2.08 bits per heavy atom. The Morgan fingerprint density at radius 2 is 1.50 bits per heavy atom. The van der Waals surface area contributed by atoms with Gasteiger partial charge in [0.05, 0.1) is 0 Å². The zero-order valence-electron chi connectivity index (χ0n) is 13.9. The molecule has 2 aromatic carbocycles. The molecule has 0 saturated carbocycles. The summed E-state index contributed by atoms with van der Waals surface area (Å²) in [6, 6.07) is 18.7. The first kappa shape index (κ1) is 17.5. The SMILES string of the molecule is O=C(OCc1ccccc1)OC1(C(=O)O)C=CC(c2ccccc2)C=C1. The molecular weight excluding hydrogens is 332 g/mol. The minimum absolute atomic E-state index is 0.00937. The van der Waals surface area contributed by atoms with Gasteiger partial charge in [-0.15, -0.1) is 0 Å². The van der Waals surface area contributed by atoms with E-state index in [1.165, 1.54) is 12.2 Å². The Balaban J connectivity index is 1.67. The van der Waals surface area contributed by atoms with Crippen molar-refractivity contribution in [3.05, 3.63) is 96.1 Å². The second kappa shape index (κ2) is 7.70. The van der Waals surface area contributed by atoms with Gasteiger partial charge in [-0.3, -0.25) is 0 Å². The van der Waals surface area contributed by atoms with Gasteiger partial charge in [0.1, 0.15) is 6.61 Å². The molecule has 0 spiro atoms. The molecule has 0 saturated heterocycles. The number of carboxylic acids is 1. The summed E-state index contributed by atoms with van der Waals surface area (Å²) in [4.78, 5) is 23.7. The van der Waals surface area contributed by atoms with E-state index in [9.17, 15) is 14.7 Å². The van der Waals surface area contributed by atoms with Crippen molar-refractivity contribution >= 4 is 12.1 Å². The van der Waals surface area contributed by atoms with E-state index in [-0.39, 0.29) is 12.5 Å². The fourth-order valence-electron chi connectivity index (χ4n) is 2.65. The molecule has 1 N–H and O–H groups in total. The molecule has 3 rings (SSSR count). The molecule has 5 heteroatoms. The molecule has 0 aliphatic heterocycles. The zero-order valence-corrected chi connectivity index (χ0v) is 13.9. The minimum Gasteiger partial charge on any atom is -0.478 e. The standard InChI is InChI=1S/C21H18O5/c22-19(23)21(26-20(24)25-15-16-7-3-1-4-8-16)13-11-18(12-14-21)17-9-5-2-6-10-17/h1-14,18H,15H2,(H,22,23).